The highest BCUT2D eigenvalue weighted by Gasteiger charge is 2.31. The molecule has 0 aliphatic rings. The van der Waals surface area contributed by atoms with Crippen LogP contribution in [0.3, 0.4) is 0 Å². The number of nitrogens with two attached hydrogens (primary N) is 1. The summed E-state index contributed by atoms with van der Waals surface area (Å²) >= 11 is 1.13. The maximum atomic E-state index is 14.0. The first-order valence-corrected chi connectivity index (χ1v) is 6.90. The minimum absolute atomic E-state index is 0.0454. The third kappa shape index (κ3) is 3.26. The average molecular weight is 279 g/mol. The molecule has 0 amide bonds. The molecule has 0 spiro atoms. The number of rotatable bonds is 4. The van der Waals surface area contributed by atoms with Crippen molar-refractivity contribution in [2.75, 3.05) is 11.5 Å². The zero-order valence-corrected chi connectivity index (χ0v) is 11.4. The van der Waals surface area contributed by atoms with Crippen LogP contribution in [0.5, 0.6) is 0 Å². The average Bonchev–Trinajstić information content (AvgIpc) is 2.41. The van der Waals surface area contributed by atoms with Crippen LogP contribution in [0.1, 0.15) is 11.1 Å². The van der Waals surface area contributed by atoms with Gasteiger partial charge in [-0.1, -0.05) is 36.4 Å². The van der Waals surface area contributed by atoms with Gasteiger partial charge in [0.25, 0.3) is 5.92 Å². The lowest BCUT2D eigenvalue weighted by Gasteiger charge is -2.17. The molecule has 0 heterocycles. The summed E-state index contributed by atoms with van der Waals surface area (Å²) in [5.41, 5.74) is 7.31. The second-order valence-electron chi connectivity index (χ2n) is 4.33. The van der Waals surface area contributed by atoms with Crippen molar-refractivity contribution in [2.45, 2.75) is 17.7 Å². The molecule has 0 unspecified atom stereocenters. The normalized spacial score (nSPS) is 11.5. The summed E-state index contributed by atoms with van der Waals surface area (Å²) in [5, 5.41) is 0. The fourth-order valence-corrected chi connectivity index (χ4v) is 2.73. The molecule has 2 N–H and O–H groups in total. The molecule has 0 atom stereocenters. The lowest BCUT2D eigenvalue weighted by atomic mass is 10.1. The molecular formula is C15H15F2NS. The quantitative estimate of drug-likeness (QED) is 0.660. The fourth-order valence-electron chi connectivity index (χ4n) is 1.72. The van der Waals surface area contributed by atoms with Crippen molar-refractivity contribution in [3.63, 3.8) is 0 Å². The van der Waals surface area contributed by atoms with Crippen molar-refractivity contribution < 1.29 is 8.78 Å². The van der Waals surface area contributed by atoms with Crippen LogP contribution < -0.4 is 5.73 Å². The molecule has 2 aromatic carbocycles. The first-order chi connectivity index (χ1) is 9.00. The number of thioether (sulfide) groups is 1. The van der Waals surface area contributed by atoms with Gasteiger partial charge in [0.2, 0.25) is 0 Å². The zero-order chi connectivity index (χ0) is 13.9. The van der Waals surface area contributed by atoms with Crippen molar-refractivity contribution >= 4 is 17.4 Å². The number of nitrogen functional groups attached to an aromatic ring is 1. The van der Waals surface area contributed by atoms with Gasteiger partial charge < -0.3 is 5.73 Å². The van der Waals surface area contributed by atoms with E-state index < -0.39 is 5.92 Å². The molecule has 0 saturated carbocycles. The topological polar surface area (TPSA) is 26.0 Å². The molecule has 0 aliphatic carbocycles. The zero-order valence-electron chi connectivity index (χ0n) is 10.6. The van der Waals surface area contributed by atoms with E-state index >= 15 is 0 Å². The summed E-state index contributed by atoms with van der Waals surface area (Å²) in [5.74, 6) is -3.13. The van der Waals surface area contributed by atoms with Crippen molar-refractivity contribution in [3.05, 3.63) is 59.7 Å². The number of alkyl halides is 2. The van der Waals surface area contributed by atoms with E-state index in [4.69, 9.17) is 5.73 Å². The van der Waals surface area contributed by atoms with Crippen LogP contribution in [0.2, 0.25) is 0 Å². The lowest BCUT2D eigenvalue weighted by molar-refractivity contribution is 0.0232. The van der Waals surface area contributed by atoms with Crippen LogP contribution >= 0.6 is 11.8 Å². The molecule has 19 heavy (non-hydrogen) atoms. The van der Waals surface area contributed by atoms with Gasteiger partial charge in [0.15, 0.2) is 0 Å². The minimum Gasteiger partial charge on any atom is -0.398 e. The summed E-state index contributed by atoms with van der Waals surface area (Å²) in [6.45, 7) is 1.85. The van der Waals surface area contributed by atoms with Crippen LogP contribution in [0.4, 0.5) is 14.5 Å². The Balaban J connectivity index is 2.12. The maximum Gasteiger partial charge on any atom is 0.282 e. The summed E-state index contributed by atoms with van der Waals surface area (Å²) in [4.78, 5) is 0.801. The molecule has 0 fully saturated rings. The Bertz CT molecular complexity index is 555. The van der Waals surface area contributed by atoms with Gasteiger partial charge in [-0.25, -0.2) is 8.78 Å². The Kier molecular flexibility index (Phi) is 4.10. The van der Waals surface area contributed by atoms with Crippen LogP contribution in [0.15, 0.2) is 53.4 Å². The highest BCUT2D eigenvalue weighted by atomic mass is 32.2. The Morgan fingerprint density at radius 3 is 2.42 bits per heavy atom. The summed E-state index contributed by atoms with van der Waals surface area (Å²) in [7, 11) is 0. The highest BCUT2D eigenvalue weighted by Crippen LogP contribution is 2.36. The first-order valence-electron chi connectivity index (χ1n) is 5.92. The van der Waals surface area contributed by atoms with E-state index in [-0.39, 0.29) is 11.3 Å². The van der Waals surface area contributed by atoms with Crippen LogP contribution in [-0.4, -0.2) is 5.75 Å². The summed E-state index contributed by atoms with van der Waals surface area (Å²) < 4.78 is 28.0. The van der Waals surface area contributed by atoms with Crippen molar-refractivity contribution in [1.82, 2.24) is 0 Å². The van der Waals surface area contributed by atoms with Gasteiger partial charge in [0, 0.05) is 16.1 Å². The number of benzene rings is 2. The molecule has 100 valence electrons. The Labute approximate surface area is 115 Å². The molecule has 0 bridgehead atoms. The molecule has 1 nitrogen and oxygen atoms in total. The molecule has 2 aromatic rings. The molecule has 0 saturated heterocycles. The summed E-state index contributed by atoms with van der Waals surface area (Å²) in [6.07, 6.45) is 0. The predicted molar refractivity (Wildman–Crippen MR) is 76.7 cm³/mol. The number of halogens is 2. The Morgan fingerprint density at radius 1 is 1.05 bits per heavy atom. The van der Waals surface area contributed by atoms with Crippen molar-refractivity contribution in [1.29, 1.82) is 0 Å². The first kappa shape index (κ1) is 13.9. The molecule has 0 aromatic heterocycles. The van der Waals surface area contributed by atoms with E-state index in [0.29, 0.717) is 5.69 Å². The van der Waals surface area contributed by atoms with E-state index in [1.165, 1.54) is 12.1 Å². The molecule has 0 aliphatic heterocycles. The SMILES string of the molecule is Cc1c(N)cccc1SCC(F)(F)c1ccccc1. The van der Waals surface area contributed by atoms with E-state index in [0.717, 1.165) is 22.2 Å². The fraction of sp³-hybridized carbons (Fsp3) is 0.200. The van der Waals surface area contributed by atoms with Crippen LogP contribution in [-0.2, 0) is 5.92 Å². The highest BCUT2D eigenvalue weighted by molar-refractivity contribution is 7.99. The number of anilines is 1. The molecule has 2 rings (SSSR count). The standard InChI is InChI=1S/C15H15F2NS/c1-11-13(18)8-5-9-14(11)19-10-15(16,17)12-6-3-2-4-7-12/h2-9H,10,18H2,1H3. The minimum atomic E-state index is -2.84. The van der Waals surface area contributed by atoms with Crippen LogP contribution in [0.25, 0.3) is 0 Å². The smallest absolute Gasteiger partial charge is 0.282 e. The number of hydrogen-bond acceptors (Lipinski definition) is 2. The van der Waals surface area contributed by atoms with Gasteiger partial charge in [-0.3, -0.25) is 0 Å². The third-order valence-corrected chi connectivity index (χ3v) is 4.19. The predicted octanol–water partition coefficient (Wildman–Crippen LogP) is 4.46. The van der Waals surface area contributed by atoms with Crippen molar-refractivity contribution in [2.24, 2.45) is 0 Å². The van der Waals surface area contributed by atoms with E-state index in [1.54, 1.807) is 30.3 Å². The third-order valence-electron chi connectivity index (χ3n) is 2.93. The maximum absolute atomic E-state index is 14.0. The lowest BCUT2D eigenvalue weighted by Crippen LogP contribution is -2.16. The Hall–Kier alpha value is -1.55. The summed E-state index contributed by atoms with van der Waals surface area (Å²) in [6, 6.07) is 13.3. The Morgan fingerprint density at radius 2 is 1.74 bits per heavy atom. The van der Waals surface area contributed by atoms with Crippen molar-refractivity contribution in [3.8, 4) is 0 Å². The van der Waals surface area contributed by atoms with Gasteiger partial charge in [-0.2, -0.15) is 0 Å². The van der Waals surface area contributed by atoms with Gasteiger partial charge in [0.1, 0.15) is 0 Å². The van der Waals surface area contributed by atoms with Gasteiger partial charge in [-0.05, 0) is 24.6 Å². The van der Waals surface area contributed by atoms with Crippen LogP contribution in [0, 0.1) is 6.92 Å². The largest absolute Gasteiger partial charge is 0.398 e. The molecule has 0 radical (unpaired) electrons. The van der Waals surface area contributed by atoms with Gasteiger partial charge >= 0.3 is 0 Å². The molecular weight excluding hydrogens is 264 g/mol. The van der Waals surface area contributed by atoms with E-state index in [1.807, 2.05) is 13.0 Å². The van der Waals surface area contributed by atoms with E-state index in [9.17, 15) is 8.78 Å². The molecule has 4 heteroatoms. The monoisotopic (exact) mass is 279 g/mol. The second kappa shape index (κ2) is 5.61. The van der Waals surface area contributed by atoms with Gasteiger partial charge in [0.05, 0.1) is 5.75 Å². The van der Waals surface area contributed by atoms with Gasteiger partial charge in [-0.15, -0.1) is 11.8 Å². The van der Waals surface area contributed by atoms with E-state index in [2.05, 4.69) is 0 Å². The second-order valence-corrected chi connectivity index (χ2v) is 5.35. The number of hydrogen-bond donors (Lipinski definition) is 1.